The summed E-state index contributed by atoms with van der Waals surface area (Å²) in [6.07, 6.45) is 8.99. The predicted octanol–water partition coefficient (Wildman–Crippen LogP) is 2.64. The van der Waals surface area contributed by atoms with Gasteiger partial charge in [-0.15, -0.1) is 24.0 Å². The van der Waals surface area contributed by atoms with Crippen molar-refractivity contribution in [3.63, 3.8) is 0 Å². The molecule has 2 aromatic rings. The number of carbonyl (C=O) groups excluding carboxylic acids is 1. The molecule has 0 spiro atoms. The van der Waals surface area contributed by atoms with E-state index in [4.69, 9.17) is 4.52 Å². The Balaban J connectivity index is 0.00000289. The summed E-state index contributed by atoms with van der Waals surface area (Å²) in [7, 11) is 1.75. The van der Waals surface area contributed by atoms with Crippen molar-refractivity contribution >= 4 is 35.8 Å². The second kappa shape index (κ2) is 12.1. The number of likely N-dealkylation sites (tertiary alicyclic amines) is 1. The first-order chi connectivity index (χ1) is 15.2. The highest BCUT2D eigenvalue weighted by Gasteiger charge is 2.31. The van der Waals surface area contributed by atoms with Gasteiger partial charge >= 0.3 is 0 Å². The number of pyridine rings is 1. The van der Waals surface area contributed by atoms with Crippen LogP contribution in [0.15, 0.2) is 33.9 Å². The van der Waals surface area contributed by atoms with Crippen molar-refractivity contribution < 1.29 is 9.32 Å². The zero-order valence-electron chi connectivity index (χ0n) is 18.5. The highest BCUT2D eigenvalue weighted by Crippen LogP contribution is 2.26. The quantitative estimate of drug-likeness (QED) is 0.322. The minimum absolute atomic E-state index is 0. The van der Waals surface area contributed by atoms with E-state index in [0.717, 1.165) is 38.3 Å². The molecule has 0 aromatic carbocycles. The van der Waals surface area contributed by atoms with Crippen molar-refractivity contribution in [2.75, 3.05) is 26.7 Å². The van der Waals surface area contributed by atoms with E-state index < -0.39 is 0 Å². The van der Waals surface area contributed by atoms with Crippen LogP contribution in [0.4, 0.5) is 0 Å². The Morgan fingerprint density at radius 2 is 2.09 bits per heavy atom. The average molecular weight is 553 g/mol. The van der Waals surface area contributed by atoms with Crippen molar-refractivity contribution in [1.29, 1.82) is 0 Å². The number of aromatic nitrogens is 3. The third-order valence-electron chi connectivity index (χ3n) is 6.01. The Morgan fingerprint density at radius 1 is 1.25 bits per heavy atom. The smallest absolute Gasteiger partial charge is 0.276 e. The largest absolute Gasteiger partial charge is 0.356 e. The van der Waals surface area contributed by atoms with Crippen molar-refractivity contribution in [2.24, 2.45) is 10.9 Å². The van der Waals surface area contributed by atoms with Crippen molar-refractivity contribution in [3.05, 3.63) is 30.2 Å². The Labute approximate surface area is 205 Å². The molecule has 10 heteroatoms. The maximum absolute atomic E-state index is 12.8. The number of aliphatic imine (C=N–C) groups is 1. The fraction of sp³-hybridized carbons (Fsp3) is 0.591. The van der Waals surface area contributed by atoms with E-state index in [-0.39, 0.29) is 35.9 Å². The van der Waals surface area contributed by atoms with Crippen LogP contribution < -0.4 is 10.6 Å². The number of halogens is 1. The van der Waals surface area contributed by atoms with Gasteiger partial charge in [0, 0.05) is 51.3 Å². The summed E-state index contributed by atoms with van der Waals surface area (Å²) in [5.41, 5.74) is 0.667. The SMILES string of the molecule is CN=C(NCCc1noc(-c2ccccn2)n1)NC1CCN(C(=O)C2CCCCC2)C1.I. The van der Waals surface area contributed by atoms with E-state index >= 15 is 0 Å². The highest BCUT2D eigenvalue weighted by molar-refractivity contribution is 14.0. The molecule has 1 amide bonds. The summed E-state index contributed by atoms with van der Waals surface area (Å²) < 4.78 is 5.29. The molecule has 32 heavy (non-hydrogen) atoms. The lowest BCUT2D eigenvalue weighted by atomic mass is 9.88. The summed E-state index contributed by atoms with van der Waals surface area (Å²) >= 11 is 0. The summed E-state index contributed by atoms with van der Waals surface area (Å²) in [6, 6.07) is 5.79. The van der Waals surface area contributed by atoms with Crippen molar-refractivity contribution in [2.45, 2.75) is 51.0 Å². The van der Waals surface area contributed by atoms with Crippen molar-refractivity contribution in [3.8, 4) is 11.6 Å². The zero-order valence-corrected chi connectivity index (χ0v) is 20.8. The van der Waals surface area contributed by atoms with Crippen LogP contribution in [0.2, 0.25) is 0 Å². The van der Waals surface area contributed by atoms with Gasteiger partial charge in [0.05, 0.1) is 0 Å². The lowest BCUT2D eigenvalue weighted by molar-refractivity contribution is -0.135. The predicted molar refractivity (Wildman–Crippen MR) is 133 cm³/mol. The summed E-state index contributed by atoms with van der Waals surface area (Å²) in [4.78, 5) is 27.7. The Morgan fingerprint density at radius 3 is 2.84 bits per heavy atom. The van der Waals surface area contributed by atoms with Crippen LogP contribution in [0.25, 0.3) is 11.6 Å². The number of nitrogens with zero attached hydrogens (tertiary/aromatic N) is 5. The van der Waals surface area contributed by atoms with Gasteiger partial charge in [0.1, 0.15) is 5.69 Å². The molecule has 2 N–H and O–H groups in total. The van der Waals surface area contributed by atoms with E-state index in [2.05, 4.69) is 30.8 Å². The third kappa shape index (κ3) is 6.39. The zero-order chi connectivity index (χ0) is 21.5. The van der Waals surface area contributed by atoms with Crippen LogP contribution in [-0.4, -0.2) is 64.6 Å². The number of hydrogen-bond donors (Lipinski definition) is 2. The number of hydrogen-bond acceptors (Lipinski definition) is 6. The van der Waals surface area contributed by atoms with Gasteiger partial charge in [-0.25, -0.2) is 0 Å². The second-order valence-corrected chi connectivity index (χ2v) is 8.23. The Kier molecular flexibility index (Phi) is 9.24. The molecular formula is C22H32IN7O2. The van der Waals surface area contributed by atoms with E-state index in [1.54, 1.807) is 13.2 Å². The first kappa shape index (κ1) is 24.4. The number of guanidine groups is 1. The number of amides is 1. The third-order valence-corrected chi connectivity index (χ3v) is 6.01. The average Bonchev–Trinajstić information content (AvgIpc) is 3.49. The first-order valence-corrected chi connectivity index (χ1v) is 11.2. The molecule has 2 aliphatic rings. The van der Waals surface area contributed by atoms with Crippen LogP contribution in [0.1, 0.15) is 44.3 Å². The van der Waals surface area contributed by atoms with Crippen LogP contribution in [0, 0.1) is 5.92 Å². The molecule has 1 aliphatic carbocycles. The number of rotatable bonds is 6. The second-order valence-electron chi connectivity index (χ2n) is 8.23. The topological polar surface area (TPSA) is 109 Å². The van der Waals surface area contributed by atoms with E-state index in [1.165, 1.54) is 19.3 Å². The van der Waals surface area contributed by atoms with Crippen LogP contribution >= 0.6 is 24.0 Å². The molecule has 1 aliphatic heterocycles. The molecule has 1 saturated heterocycles. The molecule has 2 aromatic heterocycles. The normalized spacial score (nSPS) is 19.5. The standard InChI is InChI=1S/C22H31N7O2.HI/c1-23-22(25-13-10-19-27-20(31-28-19)18-9-5-6-12-24-18)26-17-11-14-29(15-17)21(30)16-7-3-2-4-8-16;/h5-6,9,12,16-17H,2-4,7-8,10-11,13-15H2,1H3,(H2,23,25,26);1H. The molecule has 4 rings (SSSR count). The molecule has 0 bridgehead atoms. The molecule has 0 radical (unpaired) electrons. The molecule has 1 atom stereocenters. The summed E-state index contributed by atoms with van der Waals surface area (Å²) in [5.74, 6) is 2.34. The van der Waals surface area contributed by atoms with Crippen LogP contribution in [0.5, 0.6) is 0 Å². The minimum atomic E-state index is 0. The van der Waals surface area contributed by atoms with Gasteiger partial charge in [0.25, 0.3) is 5.89 Å². The van der Waals surface area contributed by atoms with E-state index in [0.29, 0.717) is 36.3 Å². The lowest BCUT2D eigenvalue weighted by Crippen LogP contribution is -2.46. The van der Waals surface area contributed by atoms with Crippen molar-refractivity contribution in [1.82, 2.24) is 30.7 Å². The van der Waals surface area contributed by atoms with Gasteiger partial charge in [-0.05, 0) is 31.4 Å². The fourth-order valence-electron chi connectivity index (χ4n) is 4.32. The fourth-order valence-corrected chi connectivity index (χ4v) is 4.32. The Hall–Kier alpha value is -2.24. The minimum Gasteiger partial charge on any atom is -0.356 e. The van der Waals surface area contributed by atoms with Gasteiger partial charge in [0.2, 0.25) is 5.91 Å². The van der Waals surface area contributed by atoms with Crippen LogP contribution in [-0.2, 0) is 11.2 Å². The van der Waals surface area contributed by atoms with Gasteiger partial charge in [0.15, 0.2) is 11.8 Å². The van der Waals surface area contributed by atoms with Gasteiger partial charge in [-0.2, -0.15) is 4.98 Å². The maximum atomic E-state index is 12.8. The van der Waals surface area contributed by atoms with Gasteiger partial charge in [-0.1, -0.05) is 30.5 Å². The summed E-state index contributed by atoms with van der Waals surface area (Å²) in [5, 5.41) is 10.8. The molecule has 1 saturated carbocycles. The van der Waals surface area contributed by atoms with Gasteiger partial charge in [-0.3, -0.25) is 14.8 Å². The van der Waals surface area contributed by atoms with E-state index in [1.807, 2.05) is 23.1 Å². The van der Waals surface area contributed by atoms with Crippen LogP contribution in [0.3, 0.4) is 0 Å². The number of nitrogens with one attached hydrogen (secondary N) is 2. The molecule has 174 valence electrons. The highest BCUT2D eigenvalue weighted by atomic mass is 127. The lowest BCUT2D eigenvalue weighted by Gasteiger charge is -2.26. The molecule has 9 nitrogen and oxygen atoms in total. The van der Waals surface area contributed by atoms with E-state index in [9.17, 15) is 4.79 Å². The Bertz CT molecular complexity index is 883. The first-order valence-electron chi connectivity index (χ1n) is 11.2. The summed E-state index contributed by atoms with van der Waals surface area (Å²) in [6.45, 7) is 2.19. The monoisotopic (exact) mass is 553 g/mol. The maximum Gasteiger partial charge on any atom is 0.276 e. The molecule has 3 heterocycles. The van der Waals surface area contributed by atoms with Gasteiger partial charge < -0.3 is 20.1 Å². The molecule has 2 fully saturated rings. The molecule has 1 unspecified atom stereocenters. The molecular weight excluding hydrogens is 521 g/mol. The number of carbonyl (C=O) groups is 1.